The number of amides is 1. The highest BCUT2D eigenvalue weighted by Crippen LogP contribution is 2.49. The molecule has 1 N–H and O–H groups in total. The molecular weight excluding hydrogens is 584 g/mol. The Balaban J connectivity index is 1.68. The third kappa shape index (κ3) is 6.92. The number of ether oxygens (including phenoxy) is 1. The first kappa shape index (κ1) is 31.0. The van der Waals surface area contributed by atoms with Gasteiger partial charge in [0.2, 0.25) is 5.91 Å². The Kier molecular flexibility index (Phi) is 9.24. The summed E-state index contributed by atoms with van der Waals surface area (Å²) in [6.07, 6.45) is -8.98. The minimum absolute atomic E-state index is 0.00805. The molecule has 1 fully saturated rings. The van der Waals surface area contributed by atoms with Gasteiger partial charge in [0.1, 0.15) is 11.8 Å². The zero-order valence-corrected chi connectivity index (χ0v) is 22.9. The van der Waals surface area contributed by atoms with E-state index in [9.17, 15) is 41.0 Å². The molecule has 1 saturated heterocycles. The van der Waals surface area contributed by atoms with E-state index in [1.54, 1.807) is 18.2 Å². The molecule has 2 atom stereocenters. The fraction of sp³-hybridized carbons (Fsp3) is 0.267. The summed E-state index contributed by atoms with van der Waals surface area (Å²) in [6.45, 7) is 0.00805. The number of hydrogen-bond donors (Lipinski definition) is 1. The van der Waals surface area contributed by atoms with Crippen molar-refractivity contribution in [2.75, 3.05) is 13.7 Å². The molecule has 222 valence electrons. The number of carbonyl (C=O) groups excluding carboxylic acids is 1. The van der Waals surface area contributed by atoms with E-state index < -0.39 is 51.9 Å². The summed E-state index contributed by atoms with van der Waals surface area (Å²) in [5.41, 5.74) is -3.82. The number of aliphatic carboxylic acids is 1. The van der Waals surface area contributed by atoms with E-state index in [-0.39, 0.29) is 29.5 Å². The zero-order valence-electron chi connectivity index (χ0n) is 22.1. The molecule has 12 heteroatoms. The summed E-state index contributed by atoms with van der Waals surface area (Å²) in [7, 11) is 1.29. The maximum absolute atomic E-state index is 14.2. The Morgan fingerprint density at radius 1 is 0.905 bits per heavy atom. The first-order valence-corrected chi connectivity index (χ1v) is 13.5. The molecule has 5 nitrogen and oxygen atoms in total. The van der Waals surface area contributed by atoms with Gasteiger partial charge in [-0.2, -0.15) is 26.3 Å². The predicted molar refractivity (Wildman–Crippen MR) is 144 cm³/mol. The van der Waals surface area contributed by atoms with E-state index in [0.717, 1.165) is 22.6 Å². The van der Waals surface area contributed by atoms with Crippen molar-refractivity contribution in [1.29, 1.82) is 0 Å². The topological polar surface area (TPSA) is 66.8 Å². The van der Waals surface area contributed by atoms with Gasteiger partial charge in [0.15, 0.2) is 0 Å². The van der Waals surface area contributed by atoms with Crippen molar-refractivity contribution in [2.24, 2.45) is 0 Å². The number of alkyl halides is 6. The number of rotatable bonds is 7. The summed E-state index contributed by atoms with van der Waals surface area (Å²) in [5, 5.41) is 9.77. The molecule has 3 aromatic rings. The van der Waals surface area contributed by atoms with Crippen LogP contribution in [-0.2, 0) is 21.9 Å². The number of para-hydroxylation sites is 1. The molecule has 2 unspecified atom stereocenters. The molecule has 0 aromatic heterocycles. The molecule has 1 amide bonds. The van der Waals surface area contributed by atoms with Gasteiger partial charge in [-0.05, 0) is 54.2 Å². The van der Waals surface area contributed by atoms with Crippen molar-refractivity contribution in [2.45, 2.75) is 46.9 Å². The van der Waals surface area contributed by atoms with Crippen LogP contribution in [0.1, 0.15) is 41.0 Å². The van der Waals surface area contributed by atoms with Gasteiger partial charge >= 0.3 is 18.3 Å². The zero-order chi connectivity index (χ0) is 30.7. The second kappa shape index (κ2) is 12.5. The number of piperidine rings is 1. The van der Waals surface area contributed by atoms with Crippen molar-refractivity contribution < 1.29 is 45.8 Å². The van der Waals surface area contributed by atoms with E-state index in [0.29, 0.717) is 30.3 Å². The number of likely N-dealkylation sites (tertiary alicyclic amines) is 1. The van der Waals surface area contributed by atoms with Crippen molar-refractivity contribution in [1.82, 2.24) is 4.90 Å². The molecule has 1 aliphatic heterocycles. The minimum Gasteiger partial charge on any atom is -0.496 e. The summed E-state index contributed by atoms with van der Waals surface area (Å²) in [6, 6.07) is 15.6. The van der Waals surface area contributed by atoms with Crippen LogP contribution in [0.5, 0.6) is 5.75 Å². The molecule has 0 bridgehead atoms. The number of halogens is 6. The maximum atomic E-state index is 14.2. The van der Waals surface area contributed by atoms with Gasteiger partial charge in [0, 0.05) is 17.5 Å². The van der Waals surface area contributed by atoms with E-state index in [4.69, 9.17) is 4.74 Å². The first-order chi connectivity index (χ1) is 19.8. The van der Waals surface area contributed by atoms with E-state index in [1.807, 2.05) is 18.2 Å². The smallest absolute Gasteiger partial charge is 0.418 e. The molecule has 0 spiro atoms. The number of nitrogens with zero attached hydrogens (tertiary/aromatic N) is 1. The van der Waals surface area contributed by atoms with Crippen LogP contribution in [0.2, 0.25) is 0 Å². The summed E-state index contributed by atoms with van der Waals surface area (Å²) < 4.78 is 90.4. The number of hydrogen-bond acceptors (Lipinski definition) is 4. The standard InChI is InChI=1S/C30H25F6NO4S/c1-41-22-9-5-6-10-23(22)42-24-13-11-19(26(29(31,32)33)27(24)30(34,35)36)12-14-25(38)37-16-15-20(17-21(37)28(39)40)18-7-3-2-4-8-18/h2-14,20-21H,15-17H2,1H3,(H,39,40). The molecule has 0 aliphatic carbocycles. The molecule has 0 radical (unpaired) electrons. The molecule has 42 heavy (non-hydrogen) atoms. The lowest BCUT2D eigenvalue weighted by Gasteiger charge is -2.37. The third-order valence-electron chi connectivity index (χ3n) is 6.90. The highest BCUT2D eigenvalue weighted by molar-refractivity contribution is 7.99. The predicted octanol–water partition coefficient (Wildman–Crippen LogP) is 7.76. The van der Waals surface area contributed by atoms with Gasteiger partial charge in [-0.15, -0.1) is 0 Å². The van der Waals surface area contributed by atoms with Crippen LogP contribution >= 0.6 is 11.8 Å². The highest BCUT2D eigenvalue weighted by atomic mass is 32.2. The van der Waals surface area contributed by atoms with Crippen LogP contribution in [0.3, 0.4) is 0 Å². The Bertz CT molecular complexity index is 1470. The Hall–Kier alpha value is -3.93. The second-order valence-electron chi connectivity index (χ2n) is 9.50. The Morgan fingerprint density at radius 2 is 1.55 bits per heavy atom. The van der Waals surface area contributed by atoms with Crippen LogP contribution in [0.15, 0.2) is 82.6 Å². The number of carbonyl (C=O) groups is 2. The normalized spacial score (nSPS) is 17.8. The average Bonchev–Trinajstić information content (AvgIpc) is 2.95. The monoisotopic (exact) mass is 609 g/mol. The number of carboxylic acid groups (broad SMARTS) is 1. The minimum atomic E-state index is -5.43. The largest absolute Gasteiger partial charge is 0.496 e. The van der Waals surface area contributed by atoms with Gasteiger partial charge in [0.25, 0.3) is 0 Å². The Labute approximate surface area is 241 Å². The SMILES string of the molecule is COc1ccccc1Sc1ccc(C=CC(=O)N2CCC(c3ccccc3)CC2C(=O)O)c(C(F)(F)F)c1C(F)(F)F. The van der Waals surface area contributed by atoms with Gasteiger partial charge < -0.3 is 14.7 Å². The van der Waals surface area contributed by atoms with Gasteiger partial charge in [0.05, 0.1) is 23.1 Å². The third-order valence-corrected chi connectivity index (χ3v) is 8.02. The van der Waals surface area contributed by atoms with Crippen molar-refractivity contribution >= 4 is 29.7 Å². The highest BCUT2D eigenvalue weighted by Gasteiger charge is 2.46. The number of benzene rings is 3. The van der Waals surface area contributed by atoms with Crippen molar-refractivity contribution in [3.63, 3.8) is 0 Å². The van der Waals surface area contributed by atoms with Crippen molar-refractivity contribution in [3.05, 3.63) is 95.1 Å². The van der Waals surface area contributed by atoms with Crippen LogP contribution < -0.4 is 4.74 Å². The van der Waals surface area contributed by atoms with Gasteiger partial charge in [-0.1, -0.05) is 60.3 Å². The van der Waals surface area contributed by atoms with Gasteiger partial charge in [-0.25, -0.2) is 4.79 Å². The first-order valence-electron chi connectivity index (χ1n) is 12.7. The number of methoxy groups -OCH3 is 1. The fourth-order valence-electron chi connectivity index (χ4n) is 4.98. The molecule has 1 aliphatic rings. The number of carboxylic acids is 1. The Morgan fingerprint density at radius 3 is 2.17 bits per heavy atom. The summed E-state index contributed by atoms with van der Waals surface area (Å²) in [5.74, 6) is -2.17. The molecular formula is C30H25F6NO4S. The molecule has 0 saturated carbocycles. The lowest BCUT2D eigenvalue weighted by molar-refractivity contribution is -0.163. The maximum Gasteiger partial charge on any atom is 0.418 e. The molecule has 3 aromatic carbocycles. The van der Waals surface area contributed by atoms with E-state index >= 15 is 0 Å². The van der Waals surface area contributed by atoms with Crippen LogP contribution in [0.4, 0.5) is 26.3 Å². The lowest BCUT2D eigenvalue weighted by atomic mass is 9.85. The second-order valence-corrected chi connectivity index (χ2v) is 10.6. The van der Waals surface area contributed by atoms with Crippen molar-refractivity contribution in [3.8, 4) is 5.75 Å². The molecule has 4 rings (SSSR count). The average molecular weight is 610 g/mol. The lowest BCUT2D eigenvalue weighted by Crippen LogP contribution is -2.49. The fourth-order valence-corrected chi connectivity index (χ4v) is 6.07. The van der Waals surface area contributed by atoms with Crippen LogP contribution in [-0.4, -0.2) is 41.6 Å². The van der Waals surface area contributed by atoms with E-state index in [2.05, 4.69) is 0 Å². The quantitative estimate of drug-likeness (QED) is 0.219. The van der Waals surface area contributed by atoms with Gasteiger partial charge in [-0.3, -0.25) is 4.79 Å². The van der Waals surface area contributed by atoms with Crippen LogP contribution in [0.25, 0.3) is 6.08 Å². The molecule has 1 heterocycles. The van der Waals surface area contributed by atoms with E-state index in [1.165, 1.54) is 25.3 Å². The summed E-state index contributed by atoms with van der Waals surface area (Å²) in [4.78, 5) is 25.5. The van der Waals surface area contributed by atoms with Crippen LogP contribution in [0, 0.1) is 0 Å². The summed E-state index contributed by atoms with van der Waals surface area (Å²) >= 11 is 0.471.